The van der Waals surface area contributed by atoms with E-state index in [1.54, 1.807) is 7.05 Å². The Morgan fingerprint density at radius 1 is 1.38 bits per heavy atom. The maximum atomic E-state index is 12.7. The molecular formula is C13H21ClN4O2S. The summed E-state index contributed by atoms with van der Waals surface area (Å²) in [6, 6.07) is 1.45. The second-order valence-electron chi connectivity index (χ2n) is 5.82. The predicted molar refractivity (Wildman–Crippen MR) is 84.3 cm³/mol. The van der Waals surface area contributed by atoms with Gasteiger partial charge in [0.1, 0.15) is 10.7 Å². The van der Waals surface area contributed by atoms with Crippen LogP contribution < -0.4 is 5.32 Å². The minimum Gasteiger partial charge on any atom is -0.372 e. The van der Waals surface area contributed by atoms with Gasteiger partial charge >= 0.3 is 0 Å². The zero-order valence-corrected chi connectivity index (χ0v) is 14.3. The largest absolute Gasteiger partial charge is 0.372 e. The van der Waals surface area contributed by atoms with Crippen LogP contribution in [0.1, 0.15) is 13.8 Å². The highest BCUT2D eigenvalue weighted by Crippen LogP contribution is 2.27. The normalized spacial score (nSPS) is 20.4. The summed E-state index contributed by atoms with van der Waals surface area (Å²) in [5.74, 6) is 0.467. The van der Waals surface area contributed by atoms with Crippen molar-refractivity contribution in [2.75, 3.05) is 39.0 Å². The Bertz CT molecular complexity index is 633. The van der Waals surface area contributed by atoms with Gasteiger partial charge in [0.05, 0.1) is 5.02 Å². The summed E-state index contributed by atoms with van der Waals surface area (Å²) in [6.07, 6.45) is 1.35. The maximum absolute atomic E-state index is 12.7. The molecule has 8 heteroatoms. The van der Waals surface area contributed by atoms with Crippen LogP contribution in [-0.4, -0.2) is 61.9 Å². The summed E-state index contributed by atoms with van der Waals surface area (Å²) in [5.41, 5.74) is -0.201. The van der Waals surface area contributed by atoms with E-state index in [2.05, 4.69) is 15.2 Å². The predicted octanol–water partition coefficient (Wildman–Crippen LogP) is 1.49. The first kappa shape index (κ1) is 16.5. The Balaban J connectivity index is 2.32. The quantitative estimate of drug-likeness (QED) is 0.908. The number of nitrogens with zero attached hydrogens (tertiary/aromatic N) is 3. The van der Waals surface area contributed by atoms with E-state index in [-0.39, 0.29) is 10.4 Å². The lowest BCUT2D eigenvalue weighted by atomic mass is 10.0. The first-order valence-corrected chi connectivity index (χ1v) is 8.55. The van der Waals surface area contributed by atoms with Crippen LogP contribution in [0.3, 0.4) is 0 Å². The van der Waals surface area contributed by atoms with Crippen molar-refractivity contribution in [3.05, 3.63) is 17.3 Å². The number of hydrogen-bond acceptors (Lipinski definition) is 5. The van der Waals surface area contributed by atoms with E-state index in [4.69, 9.17) is 11.6 Å². The zero-order valence-electron chi connectivity index (χ0n) is 12.7. The number of anilines is 1. The Labute approximate surface area is 131 Å². The Kier molecular flexibility index (Phi) is 4.49. The minimum atomic E-state index is -3.57. The molecule has 0 spiro atoms. The van der Waals surface area contributed by atoms with Gasteiger partial charge in [-0.25, -0.2) is 13.4 Å². The molecule has 1 aromatic rings. The SMILES string of the molecule is CNc1ncc(S(=O)(=O)N2CCN(C)C(C)(C)C2)cc1Cl. The summed E-state index contributed by atoms with van der Waals surface area (Å²) in [4.78, 5) is 6.34. The van der Waals surface area contributed by atoms with Gasteiger partial charge in [0.25, 0.3) is 0 Å². The summed E-state index contributed by atoms with van der Waals surface area (Å²) in [6.45, 7) is 5.67. The van der Waals surface area contributed by atoms with E-state index >= 15 is 0 Å². The Morgan fingerprint density at radius 2 is 2.05 bits per heavy atom. The molecule has 1 aliphatic rings. The molecule has 0 saturated carbocycles. The van der Waals surface area contributed by atoms with E-state index in [9.17, 15) is 8.42 Å². The highest BCUT2D eigenvalue weighted by Gasteiger charge is 2.37. The molecule has 118 valence electrons. The average Bonchev–Trinajstić information content (AvgIpc) is 2.41. The van der Waals surface area contributed by atoms with Crippen molar-refractivity contribution in [2.24, 2.45) is 0 Å². The number of likely N-dealkylation sites (N-methyl/N-ethyl adjacent to an activating group) is 1. The minimum absolute atomic E-state index is 0.131. The van der Waals surface area contributed by atoms with Gasteiger partial charge in [-0.05, 0) is 27.0 Å². The van der Waals surface area contributed by atoms with E-state index in [1.165, 1.54) is 16.6 Å². The molecule has 0 bridgehead atoms. The van der Waals surface area contributed by atoms with Crippen molar-refractivity contribution in [1.82, 2.24) is 14.2 Å². The Hall–Kier alpha value is -0.890. The highest BCUT2D eigenvalue weighted by atomic mass is 35.5. The third-order valence-corrected chi connectivity index (χ3v) is 6.07. The lowest BCUT2D eigenvalue weighted by Crippen LogP contribution is -2.58. The second-order valence-corrected chi connectivity index (χ2v) is 8.17. The number of rotatable bonds is 3. The number of halogens is 1. The van der Waals surface area contributed by atoms with Gasteiger partial charge in [0.15, 0.2) is 0 Å². The molecule has 2 rings (SSSR count). The van der Waals surface area contributed by atoms with Crippen molar-refractivity contribution in [1.29, 1.82) is 0 Å². The summed E-state index contributed by atoms with van der Waals surface area (Å²) in [7, 11) is 0.118. The van der Waals surface area contributed by atoms with Crippen LogP contribution >= 0.6 is 11.6 Å². The summed E-state index contributed by atoms with van der Waals surface area (Å²) >= 11 is 6.04. The molecule has 0 unspecified atom stereocenters. The monoisotopic (exact) mass is 332 g/mol. The van der Waals surface area contributed by atoms with Crippen LogP contribution in [0, 0.1) is 0 Å². The smallest absolute Gasteiger partial charge is 0.244 e. The topological polar surface area (TPSA) is 65.5 Å². The lowest BCUT2D eigenvalue weighted by Gasteiger charge is -2.44. The molecule has 6 nitrogen and oxygen atoms in total. The molecule has 1 aromatic heterocycles. The van der Waals surface area contributed by atoms with Crippen LogP contribution in [0.25, 0.3) is 0 Å². The molecule has 21 heavy (non-hydrogen) atoms. The fourth-order valence-electron chi connectivity index (χ4n) is 2.30. The second kappa shape index (κ2) is 5.72. The average molecular weight is 333 g/mol. The van der Waals surface area contributed by atoms with Crippen molar-refractivity contribution in [2.45, 2.75) is 24.3 Å². The summed E-state index contributed by atoms with van der Waals surface area (Å²) in [5, 5.41) is 3.11. The summed E-state index contributed by atoms with van der Waals surface area (Å²) < 4.78 is 26.9. The Morgan fingerprint density at radius 3 is 2.57 bits per heavy atom. The van der Waals surface area contributed by atoms with E-state index < -0.39 is 10.0 Å². The first-order chi connectivity index (χ1) is 9.68. The number of pyridine rings is 1. The van der Waals surface area contributed by atoms with Crippen molar-refractivity contribution < 1.29 is 8.42 Å². The first-order valence-electron chi connectivity index (χ1n) is 6.73. The van der Waals surface area contributed by atoms with Crippen molar-refractivity contribution >= 4 is 27.4 Å². The molecule has 0 radical (unpaired) electrons. The number of aromatic nitrogens is 1. The molecule has 1 saturated heterocycles. The van der Waals surface area contributed by atoms with Crippen LogP contribution in [0.5, 0.6) is 0 Å². The van der Waals surface area contributed by atoms with Gasteiger partial charge in [-0.1, -0.05) is 11.6 Å². The molecular weight excluding hydrogens is 312 g/mol. The fourth-order valence-corrected chi connectivity index (χ4v) is 4.18. The van der Waals surface area contributed by atoms with Gasteiger partial charge < -0.3 is 5.32 Å². The number of piperazine rings is 1. The highest BCUT2D eigenvalue weighted by molar-refractivity contribution is 7.89. The fraction of sp³-hybridized carbons (Fsp3) is 0.615. The van der Waals surface area contributed by atoms with Crippen LogP contribution in [0.15, 0.2) is 17.2 Å². The van der Waals surface area contributed by atoms with Crippen LogP contribution in [-0.2, 0) is 10.0 Å². The third kappa shape index (κ3) is 3.15. The molecule has 0 aromatic carbocycles. The zero-order chi connectivity index (χ0) is 15.8. The van der Waals surface area contributed by atoms with Gasteiger partial charge in [-0.3, -0.25) is 4.90 Å². The van der Waals surface area contributed by atoms with Crippen LogP contribution in [0.4, 0.5) is 5.82 Å². The van der Waals surface area contributed by atoms with Gasteiger partial charge in [-0.15, -0.1) is 0 Å². The molecule has 0 atom stereocenters. The lowest BCUT2D eigenvalue weighted by molar-refractivity contribution is 0.0801. The number of hydrogen-bond donors (Lipinski definition) is 1. The van der Waals surface area contributed by atoms with Crippen molar-refractivity contribution in [3.63, 3.8) is 0 Å². The third-order valence-electron chi connectivity index (χ3n) is 3.97. The molecule has 1 aliphatic heterocycles. The number of nitrogens with one attached hydrogen (secondary N) is 1. The van der Waals surface area contributed by atoms with Crippen molar-refractivity contribution in [3.8, 4) is 0 Å². The van der Waals surface area contributed by atoms with E-state index in [0.717, 1.165) is 0 Å². The molecule has 0 aliphatic carbocycles. The molecule has 1 N–H and O–H groups in total. The molecule has 2 heterocycles. The molecule has 1 fully saturated rings. The standard InChI is InChI=1S/C13H21ClN4O2S/c1-13(2)9-18(6-5-17(13)4)21(19,20)10-7-11(14)12(15-3)16-8-10/h7-8H,5-6,9H2,1-4H3,(H,15,16). The van der Waals surface area contributed by atoms with E-state index in [1.807, 2.05) is 20.9 Å². The maximum Gasteiger partial charge on any atom is 0.244 e. The number of sulfonamides is 1. The van der Waals surface area contributed by atoms with Gasteiger partial charge in [0.2, 0.25) is 10.0 Å². The van der Waals surface area contributed by atoms with Gasteiger partial charge in [0, 0.05) is 38.4 Å². The van der Waals surface area contributed by atoms with Crippen LogP contribution in [0.2, 0.25) is 5.02 Å². The van der Waals surface area contributed by atoms with Gasteiger partial charge in [-0.2, -0.15) is 4.31 Å². The van der Waals surface area contributed by atoms with E-state index in [0.29, 0.717) is 30.5 Å². The molecule has 0 amide bonds.